The maximum Gasteiger partial charge on any atom is 0.163 e. The van der Waals surface area contributed by atoms with Gasteiger partial charge in [-0.05, 0) is 97.4 Å². The fourth-order valence-corrected chi connectivity index (χ4v) is 6.55. The lowest BCUT2D eigenvalue weighted by atomic mass is 9.82. The van der Waals surface area contributed by atoms with Gasteiger partial charge in [-0.2, -0.15) is 5.26 Å². The summed E-state index contributed by atoms with van der Waals surface area (Å²) in [5.41, 5.74) is 6.89. The van der Waals surface area contributed by atoms with E-state index in [9.17, 15) is 25.7 Å². The van der Waals surface area contributed by atoms with E-state index in [-0.39, 0.29) is 26.4 Å². The summed E-state index contributed by atoms with van der Waals surface area (Å²) in [6.07, 6.45) is 1.32. The number of nitriles is 1. The molecule has 0 fully saturated rings. The van der Waals surface area contributed by atoms with Gasteiger partial charge in [-0.15, -0.1) is 0 Å². The lowest BCUT2D eigenvalue weighted by Gasteiger charge is -2.30. The van der Waals surface area contributed by atoms with Crippen LogP contribution >= 0.6 is 11.6 Å². The maximum absolute atomic E-state index is 9.98. The standard InChI is InChI=1S/C45H51ClN4O8/c1-29-33(8-4-11-38(29)39-12-6-13-41(30(39)2)56-15-7-14-48-24-37(53)25-51)27-58-43-19-42(57-26-32-16-31(20-47)21-49-22-32)34(17-40(43)46)23-50-36-10-5-9-35(18-36)45(3,28-52)44(54)55/h4-6,8-13,16-19,21-22,37,44,48,50-55H,7,14-15,23-28H2,1-3H3/t37-,45?/m0/s1. The van der Waals surface area contributed by atoms with Gasteiger partial charge in [0.15, 0.2) is 6.29 Å². The van der Waals surface area contributed by atoms with Crippen LogP contribution in [0.1, 0.15) is 52.3 Å². The Bertz CT molecular complexity index is 2180. The lowest BCUT2D eigenvalue weighted by molar-refractivity contribution is -0.108. The van der Waals surface area contributed by atoms with Gasteiger partial charge in [0.2, 0.25) is 0 Å². The molecule has 5 aromatic rings. The molecule has 13 heteroatoms. The molecule has 0 aliphatic rings. The van der Waals surface area contributed by atoms with Crippen molar-refractivity contribution in [3.05, 3.63) is 135 Å². The fourth-order valence-electron chi connectivity index (χ4n) is 6.31. The summed E-state index contributed by atoms with van der Waals surface area (Å²) < 4.78 is 18.8. The van der Waals surface area contributed by atoms with Crippen LogP contribution in [0.2, 0.25) is 5.02 Å². The third-order valence-electron chi connectivity index (χ3n) is 10.1. The van der Waals surface area contributed by atoms with E-state index in [0.29, 0.717) is 64.2 Å². The maximum atomic E-state index is 9.98. The number of nitrogens with one attached hydrogen (secondary N) is 2. The normalized spacial score (nSPS) is 12.8. The Balaban J connectivity index is 1.34. The molecule has 0 aliphatic carbocycles. The summed E-state index contributed by atoms with van der Waals surface area (Å²) in [5, 5.41) is 64.6. The highest BCUT2D eigenvalue weighted by Crippen LogP contribution is 2.37. The summed E-state index contributed by atoms with van der Waals surface area (Å²) in [4.78, 5) is 4.15. The molecular weight excluding hydrogens is 760 g/mol. The van der Waals surface area contributed by atoms with Crippen LogP contribution in [0.5, 0.6) is 17.2 Å². The first kappa shape index (κ1) is 43.9. The number of rotatable bonds is 21. The average molecular weight is 811 g/mol. The second-order valence-electron chi connectivity index (χ2n) is 14.3. The number of anilines is 1. The van der Waals surface area contributed by atoms with E-state index in [1.54, 1.807) is 49.5 Å². The second-order valence-corrected chi connectivity index (χ2v) is 14.7. The van der Waals surface area contributed by atoms with Crippen LogP contribution < -0.4 is 24.8 Å². The highest BCUT2D eigenvalue weighted by Gasteiger charge is 2.33. The first-order valence-electron chi connectivity index (χ1n) is 19.0. The molecule has 0 spiro atoms. The van der Waals surface area contributed by atoms with Crippen LogP contribution in [0.15, 0.2) is 91.3 Å². The Morgan fingerprint density at radius 3 is 2.31 bits per heavy atom. The summed E-state index contributed by atoms with van der Waals surface area (Å²) in [7, 11) is 0. The minimum atomic E-state index is -1.76. The van der Waals surface area contributed by atoms with Crippen molar-refractivity contribution >= 4 is 17.3 Å². The van der Waals surface area contributed by atoms with Gasteiger partial charge in [0.05, 0.1) is 41.9 Å². The molecule has 1 heterocycles. The first-order chi connectivity index (χ1) is 28.0. The van der Waals surface area contributed by atoms with E-state index in [4.69, 9.17) is 30.9 Å². The van der Waals surface area contributed by atoms with E-state index >= 15 is 0 Å². The third-order valence-corrected chi connectivity index (χ3v) is 10.4. The quantitative estimate of drug-likeness (QED) is 0.0342. The van der Waals surface area contributed by atoms with Crippen LogP contribution in [0, 0.1) is 25.2 Å². The molecule has 12 nitrogen and oxygen atoms in total. The molecule has 1 aromatic heterocycles. The molecule has 306 valence electrons. The van der Waals surface area contributed by atoms with Gasteiger partial charge in [0, 0.05) is 48.4 Å². The van der Waals surface area contributed by atoms with Gasteiger partial charge < -0.3 is 50.4 Å². The molecular formula is C45H51ClN4O8. The van der Waals surface area contributed by atoms with Gasteiger partial charge in [0.1, 0.15) is 36.5 Å². The Morgan fingerprint density at radius 1 is 0.828 bits per heavy atom. The number of aliphatic hydroxyl groups is 5. The molecule has 1 unspecified atom stereocenters. The summed E-state index contributed by atoms with van der Waals surface area (Å²) in [6, 6.07) is 26.5. The minimum absolute atomic E-state index is 0.129. The third kappa shape index (κ3) is 11.2. The zero-order chi connectivity index (χ0) is 41.7. The zero-order valence-electron chi connectivity index (χ0n) is 32.9. The average Bonchev–Trinajstić information content (AvgIpc) is 3.24. The SMILES string of the molecule is Cc1c(COc2cc(OCc3cncc(C#N)c3)c(CNc3cccc(C(C)(CO)C(O)O)c3)cc2Cl)cccc1-c1cccc(OCCCNC[C@H](O)CO)c1C. The molecule has 0 bridgehead atoms. The second kappa shape index (κ2) is 21.0. The van der Waals surface area contributed by atoms with Crippen LogP contribution in [0.25, 0.3) is 11.1 Å². The summed E-state index contributed by atoms with van der Waals surface area (Å²) >= 11 is 6.86. The van der Waals surface area contributed by atoms with Crippen molar-refractivity contribution in [1.82, 2.24) is 10.3 Å². The molecule has 7 N–H and O–H groups in total. The van der Waals surface area contributed by atoms with Crippen molar-refractivity contribution in [2.24, 2.45) is 0 Å². The number of nitrogens with zero attached hydrogens (tertiary/aromatic N) is 2. The van der Waals surface area contributed by atoms with Gasteiger partial charge in [-0.1, -0.05) is 54.1 Å². The van der Waals surface area contributed by atoms with Gasteiger partial charge >= 0.3 is 0 Å². The van der Waals surface area contributed by atoms with Crippen LogP contribution in [-0.2, 0) is 25.2 Å². The van der Waals surface area contributed by atoms with Crippen LogP contribution in [0.3, 0.4) is 0 Å². The van der Waals surface area contributed by atoms with Gasteiger partial charge in [-0.25, -0.2) is 0 Å². The number of ether oxygens (including phenoxy) is 3. The predicted molar refractivity (Wildman–Crippen MR) is 223 cm³/mol. The molecule has 58 heavy (non-hydrogen) atoms. The highest BCUT2D eigenvalue weighted by molar-refractivity contribution is 6.32. The molecule has 0 amide bonds. The lowest BCUT2D eigenvalue weighted by Crippen LogP contribution is -2.40. The topological polar surface area (TPSA) is 190 Å². The fraction of sp³-hybridized carbons (Fsp3) is 0.333. The molecule has 0 aliphatic heterocycles. The van der Waals surface area contributed by atoms with E-state index in [0.717, 1.165) is 40.0 Å². The van der Waals surface area contributed by atoms with E-state index < -0.39 is 24.4 Å². The Kier molecular flexibility index (Phi) is 15.9. The number of hydrogen-bond acceptors (Lipinski definition) is 12. The summed E-state index contributed by atoms with van der Waals surface area (Å²) in [6.45, 7) is 7.04. The predicted octanol–water partition coefficient (Wildman–Crippen LogP) is 5.93. The van der Waals surface area contributed by atoms with Gasteiger partial charge in [0.25, 0.3) is 0 Å². The smallest absolute Gasteiger partial charge is 0.163 e. The van der Waals surface area contributed by atoms with Crippen molar-refractivity contribution in [3.8, 4) is 34.4 Å². The van der Waals surface area contributed by atoms with Crippen molar-refractivity contribution < 1.29 is 39.7 Å². The molecule has 0 saturated carbocycles. The number of benzene rings is 4. The van der Waals surface area contributed by atoms with Crippen molar-refractivity contribution in [2.75, 3.05) is 38.2 Å². The van der Waals surface area contributed by atoms with Crippen molar-refractivity contribution in [1.29, 1.82) is 5.26 Å². The molecule has 0 radical (unpaired) electrons. The van der Waals surface area contributed by atoms with Crippen LogP contribution in [-0.4, -0.2) is 75.8 Å². The monoisotopic (exact) mass is 810 g/mol. The first-order valence-corrected chi connectivity index (χ1v) is 19.4. The molecule has 0 saturated heterocycles. The van der Waals surface area contributed by atoms with Crippen molar-refractivity contribution in [3.63, 3.8) is 0 Å². The number of aromatic nitrogens is 1. The van der Waals surface area contributed by atoms with Gasteiger partial charge in [-0.3, -0.25) is 4.98 Å². The largest absolute Gasteiger partial charge is 0.493 e. The van der Waals surface area contributed by atoms with Crippen LogP contribution in [0.4, 0.5) is 5.69 Å². The number of hydrogen-bond donors (Lipinski definition) is 7. The Hall–Kier alpha value is -5.23. The van der Waals surface area contributed by atoms with E-state index in [1.165, 1.54) is 6.20 Å². The molecule has 5 rings (SSSR count). The van der Waals surface area contributed by atoms with Crippen molar-refractivity contribution in [2.45, 2.75) is 64.8 Å². The Morgan fingerprint density at radius 2 is 1.57 bits per heavy atom. The highest BCUT2D eigenvalue weighted by atomic mass is 35.5. The number of pyridine rings is 1. The molecule has 2 atom stereocenters. The molecule has 4 aromatic carbocycles. The minimum Gasteiger partial charge on any atom is -0.493 e. The number of aliphatic hydroxyl groups excluding tert-OH is 4. The van der Waals surface area contributed by atoms with E-state index in [1.807, 2.05) is 37.3 Å². The Labute approximate surface area is 344 Å². The number of halogens is 1. The zero-order valence-corrected chi connectivity index (χ0v) is 33.7. The van der Waals surface area contributed by atoms with E-state index in [2.05, 4.69) is 40.7 Å². The summed E-state index contributed by atoms with van der Waals surface area (Å²) in [5.74, 6) is 1.70.